The van der Waals surface area contributed by atoms with Crippen LogP contribution in [0.15, 0.2) is 59.9 Å². The lowest BCUT2D eigenvalue weighted by Gasteiger charge is -2.27. The number of allylic oxidation sites excluding steroid dienone is 5. The quantitative estimate of drug-likeness (QED) is 0.178. The number of rotatable bonds is 12. The summed E-state index contributed by atoms with van der Waals surface area (Å²) >= 11 is 6.31. The number of carbonyl (C=O) groups is 1. The normalized spacial score (nSPS) is 12.9. The Morgan fingerprint density at radius 3 is 2.56 bits per heavy atom. The Morgan fingerprint density at radius 1 is 1.28 bits per heavy atom. The van der Waals surface area contributed by atoms with Crippen LogP contribution in [0.3, 0.4) is 0 Å². The van der Waals surface area contributed by atoms with E-state index in [9.17, 15) is 9.18 Å². The van der Waals surface area contributed by atoms with Crippen molar-refractivity contribution in [3.63, 3.8) is 0 Å². The van der Waals surface area contributed by atoms with E-state index in [4.69, 9.17) is 22.1 Å². The van der Waals surface area contributed by atoms with Gasteiger partial charge in [-0.3, -0.25) is 4.79 Å². The third-order valence-electron chi connectivity index (χ3n) is 6.22. The van der Waals surface area contributed by atoms with Crippen molar-refractivity contribution in [3.05, 3.63) is 81.9 Å². The average molecular weight is 514 g/mol. The van der Waals surface area contributed by atoms with Gasteiger partial charge in [0.15, 0.2) is 5.78 Å². The number of aromatic nitrogens is 1. The van der Waals surface area contributed by atoms with Crippen LogP contribution in [-0.4, -0.2) is 24.4 Å². The maximum absolute atomic E-state index is 13.9. The molecule has 2 aromatic rings. The molecule has 1 aromatic heterocycles. The van der Waals surface area contributed by atoms with Crippen molar-refractivity contribution in [3.8, 4) is 0 Å². The summed E-state index contributed by atoms with van der Waals surface area (Å²) in [5.74, 6) is 0.656. The zero-order chi connectivity index (χ0) is 27.0. The number of hydrogen-bond acceptors (Lipinski definition) is 5. The summed E-state index contributed by atoms with van der Waals surface area (Å²) in [5.41, 5.74) is 10.0. The first-order valence-electron chi connectivity index (χ1n) is 12.2. The lowest BCUT2D eigenvalue weighted by molar-refractivity contribution is 0.0924. The highest BCUT2D eigenvalue weighted by atomic mass is 35.5. The van der Waals surface area contributed by atoms with Gasteiger partial charge in [-0.15, -0.1) is 0 Å². The first kappa shape index (κ1) is 29.1. The maximum Gasteiger partial charge on any atom is 0.169 e. The summed E-state index contributed by atoms with van der Waals surface area (Å²) in [5, 5.41) is 0.225. The molecule has 5 nitrogen and oxygen atoms in total. The first-order chi connectivity index (χ1) is 17.0. The number of Topliss-reactive ketones (excluding diaryl/α,β-unsaturated/α-hetero) is 1. The predicted molar refractivity (Wildman–Crippen MR) is 149 cm³/mol. The lowest BCUT2D eigenvalue weighted by Crippen LogP contribution is -2.24. The Labute approximate surface area is 219 Å². The van der Waals surface area contributed by atoms with E-state index in [1.165, 1.54) is 12.1 Å². The molecule has 2 N–H and O–H groups in total. The van der Waals surface area contributed by atoms with E-state index in [2.05, 4.69) is 11.6 Å². The molecule has 0 saturated carbocycles. The number of halogens is 2. The molecular weight excluding hydrogens is 477 g/mol. The minimum Gasteiger partial charge on any atom is -0.501 e. The largest absolute Gasteiger partial charge is 0.501 e. The Bertz CT molecular complexity index is 1170. The van der Waals surface area contributed by atoms with Gasteiger partial charge in [-0.05, 0) is 81.5 Å². The van der Waals surface area contributed by atoms with E-state index >= 15 is 0 Å². The van der Waals surface area contributed by atoms with Gasteiger partial charge < -0.3 is 15.4 Å². The summed E-state index contributed by atoms with van der Waals surface area (Å²) in [6, 6.07) is 6.22. The Kier molecular flexibility index (Phi) is 10.7. The smallest absolute Gasteiger partial charge is 0.169 e. The van der Waals surface area contributed by atoms with Gasteiger partial charge in [0.25, 0.3) is 0 Å². The zero-order valence-corrected chi connectivity index (χ0v) is 22.9. The molecular formula is C29H37ClFN3O2. The van der Waals surface area contributed by atoms with Crippen molar-refractivity contribution in [1.29, 1.82) is 0 Å². The van der Waals surface area contributed by atoms with Gasteiger partial charge in [0.05, 0.1) is 23.5 Å². The van der Waals surface area contributed by atoms with Crippen molar-refractivity contribution < 1.29 is 13.9 Å². The van der Waals surface area contributed by atoms with Crippen LogP contribution in [-0.2, 0) is 11.2 Å². The number of methoxy groups -OCH3 is 1. The summed E-state index contributed by atoms with van der Waals surface area (Å²) in [4.78, 5) is 20.1. The third kappa shape index (κ3) is 7.20. The molecule has 0 saturated heterocycles. The second kappa shape index (κ2) is 13.3. The molecule has 0 bridgehead atoms. The molecule has 2 rings (SSSR count). The van der Waals surface area contributed by atoms with Crippen molar-refractivity contribution in [2.75, 3.05) is 24.3 Å². The molecule has 0 amide bonds. The van der Waals surface area contributed by atoms with Gasteiger partial charge >= 0.3 is 0 Å². The van der Waals surface area contributed by atoms with Crippen LogP contribution >= 0.6 is 11.6 Å². The molecule has 0 aliphatic carbocycles. The number of hydrogen-bond donors (Lipinski definition) is 1. The van der Waals surface area contributed by atoms with E-state index in [1.807, 2.05) is 51.7 Å². The van der Waals surface area contributed by atoms with Gasteiger partial charge in [-0.2, -0.15) is 0 Å². The summed E-state index contributed by atoms with van der Waals surface area (Å²) in [7, 11) is 1.62. The summed E-state index contributed by atoms with van der Waals surface area (Å²) < 4.78 is 19.1. The highest BCUT2D eigenvalue weighted by Crippen LogP contribution is 2.35. The number of nitrogens with two attached hydrogens (primary N) is 1. The van der Waals surface area contributed by atoms with Crippen LogP contribution in [0.1, 0.15) is 63.4 Å². The van der Waals surface area contributed by atoms with Crippen LogP contribution in [0, 0.1) is 11.7 Å². The maximum atomic E-state index is 13.9. The minimum atomic E-state index is -0.308. The number of ether oxygens (including phenoxy) is 1. The Morgan fingerprint density at radius 2 is 1.97 bits per heavy atom. The Hall–Kier alpha value is -3.12. The number of nitrogens with zero attached hydrogens (tertiary/aromatic N) is 2. The Balaban J connectivity index is 2.44. The number of benzene rings is 1. The van der Waals surface area contributed by atoms with E-state index in [1.54, 1.807) is 19.2 Å². The lowest BCUT2D eigenvalue weighted by atomic mass is 9.91. The molecule has 0 aliphatic rings. The second-order valence-electron chi connectivity index (χ2n) is 8.86. The monoisotopic (exact) mass is 513 g/mol. The molecule has 1 aromatic carbocycles. The fourth-order valence-corrected chi connectivity index (χ4v) is 4.06. The number of aryl methyl sites for hydroxylation is 1. The van der Waals surface area contributed by atoms with Gasteiger partial charge in [-0.1, -0.05) is 43.7 Å². The number of ketones is 1. The fourth-order valence-electron chi connectivity index (χ4n) is 3.91. The standard InChI is InChI=1S/C29H37ClFN3O2/c1-8-21-16-23(31)14-15-26(21)34(9-2)29-24(17-25(30)28(32)33-29)27(35)19(5)10-12-22(18(3)4)13-11-20(6)36-7/h11,13-17,19H,3,8-10,12H2,1-2,4-7H3,(H2,32,33)/b20-11+,22-13-. The molecule has 7 heteroatoms. The van der Waals surface area contributed by atoms with Gasteiger partial charge in [0.2, 0.25) is 0 Å². The molecule has 0 fully saturated rings. The van der Waals surface area contributed by atoms with Crippen molar-refractivity contribution in [1.82, 2.24) is 4.98 Å². The highest BCUT2D eigenvalue weighted by molar-refractivity contribution is 6.33. The van der Waals surface area contributed by atoms with Crippen LogP contribution in [0.25, 0.3) is 0 Å². The molecule has 0 spiro atoms. The molecule has 0 radical (unpaired) electrons. The number of pyridine rings is 1. The van der Waals surface area contributed by atoms with Crippen molar-refractivity contribution in [2.45, 2.75) is 53.9 Å². The zero-order valence-electron chi connectivity index (χ0n) is 22.1. The average Bonchev–Trinajstić information content (AvgIpc) is 2.85. The summed E-state index contributed by atoms with van der Waals surface area (Å²) in [6.07, 6.45) is 5.79. The van der Waals surface area contributed by atoms with Crippen LogP contribution in [0.2, 0.25) is 5.02 Å². The van der Waals surface area contributed by atoms with Crippen LogP contribution < -0.4 is 10.6 Å². The molecule has 194 valence electrons. The van der Waals surface area contributed by atoms with Gasteiger partial charge in [0.1, 0.15) is 17.5 Å². The molecule has 36 heavy (non-hydrogen) atoms. The SMILES string of the molecule is C=C(C)/C(=C\C=C(/C)OC)CCC(C)C(=O)c1cc(Cl)c(N)nc1N(CC)c1ccc(F)cc1CC. The topological polar surface area (TPSA) is 68.5 Å². The number of carbonyl (C=O) groups excluding carboxylic acids is 1. The van der Waals surface area contributed by atoms with E-state index < -0.39 is 0 Å². The molecule has 1 atom stereocenters. The van der Waals surface area contributed by atoms with E-state index in [0.29, 0.717) is 37.2 Å². The van der Waals surface area contributed by atoms with Crippen LogP contribution in [0.4, 0.5) is 21.7 Å². The molecule has 0 aliphatic heterocycles. The molecule has 1 heterocycles. The number of nitrogen functional groups attached to an aromatic ring is 1. The summed E-state index contributed by atoms with van der Waals surface area (Å²) in [6.45, 7) is 14.2. The van der Waals surface area contributed by atoms with Crippen molar-refractivity contribution >= 4 is 34.7 Å². The minimum absolute atomic E-state index is 0.0808. The highest BCUT2D eigenvalue weighted by Gasteiger charge is 2.25. The van der Waals surface area contributed by atoms with Crippen LogP contribution in [0.5, 0.6) is 0 Å². The predicted octanol–water partition coefficient (Wildman–Crippen LogP) is 7.83. The number of anilines is 3. The van der Waals surface area contributed by atoms with Gasteiger partial charge in [0, 0.05) is 18.2 Å². The second-order valence-corrected chi connectivity index (χ2v) is 9.26. The first-order valence-corrected chi connectivity index (χ1v) is 12.5. The van der Waals surface area contributed by atoms with E-state index in [-0.39, 0.29) is 28.4 Å². The van der Waals surface area contributed by atoms with Gasteiger partial charge in [-0.25, -0.2) is 9.37 Å². The van der Waals surface area contributed by atoms with E-state index in [0.717, 1.165) is 28.2 Å². The fraction of sp³-hybridized carbons (Fsp3) is 0.379. The molecule has 1 unspecified atom stereocenters. The third-order valence-corrected chi connectivity index (χ3v) is 6.52. The van der Waals surface area contributed by atoms with Crippen molar-refractivity contribution in [2.24, 2.45) is 5.92 Å².